The molecule has 2 aromatic rings. The number of rotatable bonds is 4. The van der Waals surface area contributed by atoms with Crippen molar-refractivity contribution >= 4 is 52.1 Å². The van der Waals surface area contributed by atoms with Crippen molar-refractivity contribution in [1.82, 2.24) is 4.31 Å². The highest BCUT2D eigenvalue weighted by molar-refractivity contribution is 9.10. The molecule has 5 nitrogen and oxygen atoms in total. The Kier molecular flexibility index (Phi) is 5.58. The van der Waals surface area contributed by atoms with Gasteiger partial charge in [0, 0.05) is 28.8 Å². The second-order valence-corrected chi connectivity index (χ2v) is 9.24. The molecular weight excluding hydrogens is 423 g/mol. The molecule has 1 N–H and O–H groups in total. The molecule has 1 aliphatic rings. The Labute approximate surface area is 158 Å². The fourth-order valence-corrected chi connectivity index (χ4v) is 4.73. The topological polar surface area (TPSA) is 66.5 Å². The van der Waals surface area contributed by atoms with Crippen molar-refractivity contribution in [3.05, 3.63) is 52.5 Å². The Bertz CT molecular complexity index is 895. The van der Waals surface area contributed by atoms with Gasteiger partial charge >= 0.3 is 0 Å². The highest BCUT2D eigenvalue weighted by Gasteiger charge is 2.26. The molecule has 25 heavy (non-hydrogen) atoms. The summed E-state index contributed by atoms with van der Waals surface area (Å²) in [7, 11) is -0.858. The zero-order chi connectivity index (χ0) is 18.0. The van der Waals surface area contributed by atoms with Crippen molar-refractivity contribution in [3.63, 3.8) is 0 Å². The number of hydrogen-bond acceptors (Lipinski definition) is 3. The maximum absolute atomic E-state index is 12.5. The molecule has 1 saturated heterocycles. The van der Waals surface area contributed by atoms with Gasteiger partial charge in [-0.05, 0) is 54.5 Å². The van der Waals surface area contributed by atoms with E-state index in [2.05, 4.69) is 30.5 Å². The third kappa shape index (κ3) is 4.11. The Morgan fingerprint density at radius 3 is 2.32 bits per heavy atom. The molecule has 0 radical (unpaired) electrons. The van der Waals surface area contributed by atoms with Gasteiger partial charge in [-0.2, -0.15) is 4.31 Å². The molecule has 0 saturated carbocycles. The lowest BCUT2D eigenvalue weighted by atomic mass is 10.2. The fraction of sp³-hybridized carbons (Fsp3) is 0.235. The highest BCUT2D eigenvalue weighted by Crippen LogP contribution is 2.22. The number of sulfonamides is 1. The van der Waals surface area contributed by atoms with Crippen LogP contribution in [0.15, 0.2) is 51.8 Å². The summed E-state index contributed by atoms with van der Waals surface area (Å²) < 4.78 is 27.3. The van der Waals surface area contributed by atoms with Gasteiger partial charge in [0.15, 0.2) is 0 Å². The third-order valence-electron chi connectivity index (χ3n) is 4.08. The number of carbonyl (C=O) groups is 1. The summed E-state index contributed by atoms with van der Waals surface area (Å²) in [5, 5.41) is 3.74. The molecule has 8 heteroatoms. The standard InChI is InChI=1S/C17H18BrN2O3PS/c18-15-11-12(3-8-16(15)24)17(21)19-13-4-6-14(7-5-13)25(22,23)20-9-1-2-10-20/h3-8,11H,1-2,9-10,24H2,(H,19,21). The zero-order valence-corrected chi connectivity index (χ0v) is 17.0. The Balaban J connectivity index is 1.74. The van der Waals surface area contributed by atoms with Crippen molar-refractivity contribution in [1.29, 1.82) is 0 Å². The average Bonchev–Trinajstić information content (AvgIpc) is 3.13. The van der Waals surface area contributed by atoms with Crippen molar-refractivity contribution in [2.24, 2.45) is 0 Å². The number of benzene rings is 2. The summed E-state index contributed by atoms with van der Waals surface area (Å²) in [6, 6.07) is 11.6. The van der Waals surface area contributed by atoms with E-state index in [1.165, 1.54) is 16.4 Å². The molecule has 3 rings (SSSR count). The normalized spacial score (nSPS) is 15.3. The van der Waals surface area contributed by atoms with Gasteiger partial charge in [-0.3, -0.25) is 4.79 Å². The van der Waals surface area contributed by atoms with Crippen LogP contribution in [-0.4, -0.2) is 31.7 Å². The number of amides is 1. The monoisotopic (exact) mass is 440 g/mol. The van der Waals surface area contributed by atoms with Gasteiger partial charge in [-0.1, -0.05) is 22.0 Å². The predicted molar refractivity (Wildman–Crippen MR) is 106 cm³/mol. The van der Waals surface area contributed by atoms with Gasteiger partial charge in [0.2, 0.25) is 10.0 Å². The van der Waals surface area contributed by atoms with Crippen LogP contribution in [0.2, 0.25) is 0 Å². The first kappa shape index (κ1) is 18.5. The SMILES string of the molecule is O=C(Nc1ccc(S(=O)(=O)N2CCCC2)cc1)c1ccc(P)c(Br)c1. The maximum Gasteiger partial charge on any atom is 0.255 e. The largest absolute Gasteiger partial charge is 0.322 e. The van der Waals surface area contributed by atoms with Crippen molar-refractivity contribution in [2.45, 2.75) is 17.7 Å². The quantitative estimate of drug-likeness (QED) is 0.743. The van der Waals surface area contributed by atoms with Gasteiger partial charge < -0.3 is 5.32 Å². The lowest BCUT2D eigenvalue weighted by Gasteiger charge is -2.15. The molecule has 2 aromatic carbocycles. The van der Waals surface area contributed by atoms with Crippen LogP contribution in [0.5, 0.6) is 0 Å². The summed E-state index contributed by atoms with van der Waals surface area (Å²) in [4.78, 5) is 12.6. The van der Waals surface area contributed by atoms with Crippen LogP contribution in [0, 0.1) is 0 Å². The van der Waals surface area contributed by atoms with Crippen LogP contribution in [0.3, 0.4) is 0 Å². The van der Waals surface area contributed by atoms with Crippen LogP contribution in [0.25, 0.3) is 0 Å². The van der Waals surface area contributed by atoms with E-state index >= 15 is 0 Å². The van der Waals surface area contributed by atoms with E-state index in [1.807, 2.05) is 6.07 Å². The minimum atomic E-state index is -3.43. The molecule has 1 amide bonds. The first-order valence-corrected chi connectivity index (χ1v) is 10.7. The Hall–Kier alpha value is -1.27. The number of halogens is 1. The van der Waals surface area contributed by atoms with E-state index in [0.29, 0.717) is 24.3 Å². The van der Waals surface area contributed by atoms with Crippen molar-refractivity contribution in [2.75, 3.05) is 18.4 Å². The van der Waals surface area contributed by atoms with Crippen molar-refractivity contribution in [3.8, 4) is 0 Å². The van der Waals surface area contributed by atoms with Crippen LogP contribution in [0.4, 0.5) is 5.69 Å². The summed E-state index contributed by atoms with van der Waals surface area (Å²) in [5.41, 5.74) is 1.07. The minimum absolute atomic E-state index is 0.249. The van der Waals surface area contributed by atoms with Crippen molar-refractivity contribution < 1.29 is 13.2 Å². The second-order valence-electron chi connectivity index (χ2n) is 5.83. The number of nitrogens with zero attached hydrogens (tertiary/aromatic N) is 1. The summed E-state index contributed by atoms with van der Waals surface area (Å²) in [6.07, 6.45) is 1.80. The fourth-order valence-electron chi connectivity index (χ4n) is 2.66. The summed E-state index contributed by atoms with van der Waals surface area (Å²) in [6.45, 7) is 1.14. The molecule has 1 atom stereocenters. The minimum Gasteiger partial charge on any atom is -0.322 e. The van der Waals surface area contributed by atoms with Gasteiger partial charge in [0.1, 0.15) is 0 Å². The number of nitrogens with one attached hydrogen (secondary N) is 1. The average molecular weight is 441 g/mol. The van der Waals surface area contributed by atoms with Gasteiger partial charge in [-0.15, -0.1) is 9.24 Å². The van der Waals surface area contributed by atoms with E-state index in [1.54, 1.807) is 24.3 Å². The zero-order valence-electron chi connectivity index (χ0n) is 13.4. The first-order valence-electron chi connectivity index (χ1n) is 7.84. The van der Waals surface area contributed by atoms with Crippen LogP contribution < -0.4 is 10.6 Å². The third-order valence-corrected chi connectivity index (χ3v) is 7.60. The summed E-state index contributed by atoms with van der Waals surface area (Å²) in [5.74, 6) is -0.249. The molecule has 1 heterocycles. The number of hydrogen-bond donors (Lipinski definition) is 1. The van der Waals surface area contributed by atoms with E-state index < -0.39 is 10.0 Å². The predicted octanol–water partition coefficient (Wildman–Crippen LogP) is 2.99. The van der Waals surface area contributed by atoms with E-state index in [0.717, 1.165) is 22.6 Å². The van der Waals surface area contributed by atoms with E-state index in [-0.39, 0.29) is 10.8 Å². The second kappa shape index (κ2) is 7.54. The molecule has 0 spiro atoms. The smallest absolute Gasteiger partial charge is 0.255 e. The van der Waals surface area contributed by atoms with Gasteiger partial charge in [0.25, 0.3) is 5.91 Å². The Morgan fingerprint density at radius 1 is 1.08 bits per heavy atom. The molecule has 1 fully saturated rings. The van der Waals surface area contributed by atoms with Gasteiger partial charge in [0.05, 0.1) is 4.90 Å². The number of carbonyl (C=O) groups excluding carboxylic acids is 1. The molecule has 0 aromatic heterocycles. The molecule has 0 aliphatic carbocycles. The lowest BCUT2D eigenvalue weighted by molar-refractivity contribution is 0.102. The lowest BCUT2D eigenvalue weighted by Crippen LogP contribution is -2.27. The maximum atomic E-state index is 12.5. The first-order chi connectivity index (χ1) is 11.9. The molecule has 1 unspecified atom stereocenters. The molecule has 0 bridgehead atoms. The van der Waals surface area contributed by atoms with Crippen LogP contribution in [0.1, 0.15) is 23.2 Å². The molecule has 1 aliphatic heterocycles. The Morgan fingerprint density at radius 2 is 1.72 bits per heavy atom. The van der Waals surface area contributed by atoms with Crippen LogP contribution in [-0.2, 0) is 10.0 Å². The van der Waals surface area contributed by atoms with Crippen LogP contribution >= 0.6 is 25.2 Å². The molecule has 132 valence electrons. The molecular formula is C17H18BrN2O3PS. The summed E-state index contributed by atoms with van der Waals surface area (Å²) >= 11 is 3.39. The highest BCUT2D eigenvalue weighted by atomic mass is 79.9. The number of anilines is 1. The van der Waals surface area contributed by atoms with E-state index in [4.69, 9.17) is 0 Å². The van der Waals surface area contributed by atoms with E-state index in [9.17, 15) is 13.2 Å². The van der Waals surface area contributed by atoms with Gasteiger partial charge in [-0.25, -0.2) is 8.42 Å².